The highest BCUT2D eigenvalue weighted by molar-refractivity contribution is 5.76. The van der Waals surface area contributed by atoms with E-state index in [1.807, 2.05) is 26.0 Å². The molecule has 0 aliphatic heterocycles. The van der Waals surface area contributed by atoms with Gasteiger partial charge in [0.25, 0.3) is 0 Å². The van der Waals surface area contributed by atoms with Crippen LogP contribution in [0.25, 0.3) is 0 Å². The van der Waals surface area contributed by atoms with Gasteiger partial charge < -0.3 is 10.5 Å². The first-order valence-electron chi connectivity index (χ1n) is 5.78. The zero-order valence-electron chi connectivity index (χ0n) is 11.4. The van der Waals surface area contributed by atoms with Gasteiger partial charge in [0.15, 0.2) is 0 Å². The van der Waals surface area contributed by atoms with Crippen LogP contribution in [0.1, 0.15) is 29.2 Å². The lowest BCUT2D eigenvalue weighted by Gasteiger charge is -2.20. The Hall–Kier alpha value is -1.59. The molecule has 0 radical (unpaired) electrons. The molecule has 1 aromatic rings. The number of hydrazine groups is 1. The van der Waals surface area contributed by atoms with Crippen molar-refractivity contribution in [2.24, 2.45) is 11.6 Å². The van der Waals surface area contributed by atoms with Crippen LogP contribution in [0.2, 0.25) is 0 Å². The second kappa shape index (κ2) is 5.84. The minimum atomic E-state index is -0.418. The van der Waals surface area contributed by atoms with E-state index in [1.165, 1.54) is 7.05 Å². The zero-order chi connectivity index (χ0) is 13.9. The largest absolute Gasteiger partial charge is 0.496 e. The summed E-state index contributed by atoms with van der Waals surface area (Å²) < 4.78 is 5.33. The summed E-state index contributed by atoms with van der Waals surface area (Å²) >= 11 is 0. The molecule has 0 spiro atoms. The highest BCUT2D eigenvalue weighted by atomic mass is 16.5. The van der Waals surface area contributed by atoms with Crippen LogP contribution in [0.5, 0.6) is 5.75 Å². The fraction of sp³-hybridized carbons (Fsp3) is 0.462. The molecule has 0 heterocycles. The number of nitrogens with two attached hydrogens (primary N) is 2. The molecule has 5 nitrogen and oxygen atoms in total. The molecular weight excluding hydrogens is 230 g/mol. The van der Waals surface area contributed by atoms with E-state index in [-0.39, 0.29) is 12.3 Å². The second-order valence-corrected chi connectivity index (χ2v) is 4.51. The van der Waals surface area contributed by atoms with Gasteiger partial charge in [-0.1, -0.05) is 6.07 Å². The summed E-state index contributed by atoms with van der Waals surface area (Å²) in [5, 5.41) is 1.05. The lowest BCUT2D eigenvalue weighted by Crippen LogP contribution is -2.35. The Morgan fingerprint density at radius 1 is 1.44 bits per heavy atom. The summed E-state index contributed by atoms with van der Waals surface area (Å²) in [6, 6.07) is 3.52. The van der Waals surface area contributed by atoms with E-state index in [0.29, 0.717) is 5.75 Å². The van der Waals surface area contributed by atoms with Crippen LogP contribution in [0, 0.1) is 13.8 Å². The third kappa shape index (κ3) is 3.21. The van der Waals surface area contributed by atoms with Crippen molar-refractivity contribution >= 4 is 5.91 Å². The van der Waals surface area contributed by atoms with Crippen molar-refractivity contribution < 1.29 is 9.53 Å². The van der Waals surface area contributed by atoms with Gasteiger partial charge in [-0.05, 0) is 31.0 Å². The molecular formula is C13H21N3O2. The number of amides is 1. The number of aryl methyl sites for hydroxylation is 2. The summed E-state index contributed by atoms with van der Waals surface area (Å²) in [5.74, 6) is 5.90. The Bertz CT molecular complexity index is 444. The van der Waals surface area contributed by atoms with Gasteiger partial charge in [-0.3, -0.25) is 9.80 Å². The average Bonchev–Trinajstić information content (AvgIpc) is 2.27. The van der Waals surface area contributed by atoms with Crippen LogP contribution < -0.4 is 16.3 Å². The summed E-state index contributed by atoms with van der Waals surface area (Å²) in [6.45, 7) is 3.95. The van der Waals surface area contributed by atoms with Crippen LogP contribution in [-0.4, -0.2) is 25.1 Å². The smallest absolute Gasteiger partial charge is 0.238 e. The van der Waals surface area contributed by atoms with Gasteiger partial charge in [0.1, 0.15) is 5.75 Å². The molecule has 1 amide bonds. The van der Waals surface area contributed by atoms with Crippen molar-refractivity contribution in [3.8, 4) is 5.75 Å². The first-order valence-corrected chi connectivity index (χ1v) is 5.78. The van der Waals surface area contributed by atoms with E-state index in [0.717, 1.165) is 21.7 Å². The van der Waals surface area contributed by atoms with Crippen molar-refractivity contribution in [2.45, 2.75) is 26.3 Å². The van der Waals surface area contributed by atoms with Gasteiger partial charge in [0, 0.05) is 25.1 Å². The van der Waals surface area contributed by atoms with E-state index < -0.39 is 6.04 Å². The van der Waals surface area contributed by atoms with Crippen LogP contribution >= 0.6 is 0 Å². The van der Waals surface area contributed by atoms with Gasteiger partial charge in [0.2, 0.25) is 5.91 Å². The first-order chi connectivity index (χ1) is 8.36. The maximum absolute atomic E-state index is 11.6. The standard InChI is InChI=1S/C13H21N3O2/c1-8-5-9(2)13(11(6-8)18-4)10(14)7-12(17)16(3)15/h5-6,10H,7,14-15H2,1-4H3. The summed E-state index contributed by atoms with van der Waals surface area (Å²) in [5.41, 5.74) is 9.06. The van der Waals surface area contributed by atoms with Gasteiger partial charge in [0.05, 0.1) is 7.11 Å². The summed E-state index contributed by atoms with van der Waals surface area (Å²) in [6.07, 6.45) is 0.160. The summed E-state index contributed by atoms with van der Waals surface area (Å²) in [4.78, 5) is 11.6. The molecule has 0 saturated heterocycles. The molecule has 0 aliphatic carbocycles. The molecule has 0 fully saturated rings. The van der Waals surface area contributed by atoms with Gasteiger partial charge in [-0.2, -0.15) is 0 Å². The number of carbonyl (C=O) groups is 1. The maximum atomic E-state index is 11.6. The number of nitrogens with zero attached hydrogens (tertiary/aromatic N) is 1. The van der Waals surface area contributed by atoms with Gasteiger partial charge >= 0.3 is 0 Å². The minimum Gasteiger partial charge on any atom is -0.496 e. The zero-order valence-corrected chi connectivity index (χ0v) is 11.4. The summed E-state index contributed by atoms with van der Waals surface area (Å²) in [7, 11) is 3.11. The molecule has 4 N–H and O–H groups in total. The Morgan fingerprint density at radius 2 is 2.06 bits per heavy atom. The van der Waals surface area contributed by atoms with Crippen LogP contribution in [0.3, 0.4) is 0 Å². The van der Waals surface area contributed by atoms with E-state index in [4.69, 9.17) is 16.3 Å². The van der Waals surface area contributed by atoms with Crippen molar-refractivity contribution in [3.63, 3.8) is 0 Å². The number of benzene rings is 1. The molecule has 1 unspecified atom stereocenters. The van der Waals surface area contributed by atoms with Crippen molar-refractivity contribution in [1.29, 1.82) is 0 Å². The number of hydrogen-bond acceptors (Lipinski definition) is 4. The van der Waals surface area contributed by atoms with Crippen molar-refractivity contribution in [2.75, 3.05) is 14.2 Å². The van der Waals surface area contributed by atoms with E-state index in [2.05, 4.69) is 0 Å². The van der Waals surface area contributed by atoms with E-state index in [9.17, 15) is 4.79 Å². The number of methoxy groups -OCH3 is 1. The van der Waals surface area contributed by atoms with Crippen molar-refractivity contribution in [3.05, 3.63) is 28.8 Å². The fourth-order valence-corrected chi connectivity index (χ4v) is 2.02. The Morgan fingerprint density at radius 3 is 2.56 bits per heavy atom. The topological polar surface area (TPSA) is 81.6 Å². The molecule has 1 rings (SSSR count). The Labute approximate surface area is 108 Å². The van der Waals surface area contributed by atoms with Gasteiger partial charge in [-0.25, -0.2) is 5.84 Å². The third-order valence-corrected chi connectivity index (χ3v) is 2.87. The average molecular weight is 251 g/mol. The molecule has 0 bridgehead atoms. The van der Waals surface area contributed by atoms with Crippen LogP contribution in [-0.2, 0) is 4.79 Å². The fourth-order valence-electron chi connectivity index (χ4n) is 2.02. The molecule has 0 saturated carbocycles. The molecule has 0 aromatic heterocycles. The lowest BCUT2D eigenvalue weighted by atomic mass is 9.96. The molecule has 100 valence electrons. The SMILES string of the molecule is COc1cc(C)cc(C)c1C(N)CC(=O)N(C)N. The van der Waals surface area contributed by atoms with E-state index in [1.54, 1.807) is 7.11 Å². The number of ether oxygens (including phenoxy) is 1. The Balaban J connectivity index is 3.05. The van der Waals surface area contributed by atoms with Crippen LogP contribution in [0.4, 0.5) is 0 Å². The number of carbonyl (C=O) groups excluding carboxylic acids is 1. The highest BCUT2D eigenvalue weighted by Gasteiger charge is 2.19. The minimum absolute atomic E-state index is 0.160. The van der Waals surface area contributed by atoms with Crippen molar-refractivity contribution in [1.82, 2.24) is 5.01 Å². The molecule has 1 aromatic carbocycles. The molecule has 1 atom stereocenters. The quantitative estimate of drug-likeness (QED) is 0.476. The number of hydrogen-bond donors (Lipinski definition) is 2. The Kier molecular flexibility index (Phi) is 4.69. The highest BCUT2D eigenvalue weighted by Crippen LogP contribution is 2.30. The monoisotopic (exact) mass is 251 g/mol. The molecule has 5 heteroatoms. The van der Waals surface area contributed by atoms with Crippen LogP contribution in [0.15, 0.2) is 12.1 Å². The maximum Gasteiger partial charge on any atom is 0.238 e. The predicted molar refractivity (Wildman–Crippen MR) is 71.0 cm³/mol. The predicted octanol–water partition coefficient (Wildman–Crippen LogP) is 1.03. The number of rotatable bonds is 4. The van der Waals surface area contributed by atoms with E-state index >= 15 is 0 Å². The second-order valence-electron chi connectivity index (χ2n) is 4.51. The molecule has 0 aliphatic rings. The first kappa shape index (κ1) is 14.5. The molecule has 18 heavy (non-hydrogen) atoms. The third-order valence-electron chi connectivity index (χ3n) is 2.87. The lowest BCUT2D eigenvalue weighted by molar-refractivity contribution is -0.130. The normalized spacial score (nSPS) is 12.1. The van der Waals surface area contributed by atoms with Gasteiger partial charge in [-0.15, -0.1) is 0 Å².